The Morgan fingerprint density at radius 1 is 1.19 bits per heavy atom. The number of halogens is 3. The third-order valence-corrected chi connectivity index (χ3v) is 2.77. The van der Waals surface area contributed by atoms with Crippen LogP contribution in [-0.4, -0.2) is 17.2 Å². The highest BCUT2D eigenvalue weighted by molar-refractivity contribution is 8.14. The number of thioether (sulfide) groups is 1. The summed E-state index contributed by atoms with van der Waals surface area (Å²) >= 11 is 1.55. The molecule has 1 aromatic carbocycles. The van der Waals surface area contributed by atoms with E-state index in [0.29, 0.717) is 0 Å². The minimum absolute atomic E-state index is 0.219. The van der Waals surface area contributed by atoms with Gasteiger partial charge in [-0.15, -0.1) is 24.9 Å². The van der Waals surface area contributed by atoms with Crippen LogP contribution in [0.4, 0.5) is 13.2 Å². The number of hydrogen-bond acceptors (Lipinski definition) is 3. The molecule has 2 rings (SSSR count). The predicted octanol–water partition coefficient (Wildman–Crippen LogP) is 3.24. The van der Waals surface area contributed by atoms with Crippen LogP contribution >= 0.6 is 11.8 Å². The monoisotopic (exact) mass is 246 g/mol. The van der Waals surface area contributed by atoms with Crippen LogP contribution in [0.15, 0.2) is 29.3 Å². The molecule has 1 heterocycles. The Kier molecular flexibility index (Phi) is 3.09. The van der Waals surface area contributed by atoms with Gasteiger partial charge >= 0.3 is 6.36 Å². The summed E-state index contributed by atoms with van der Waals surface area (Å²) in [6.45, 7) is 1.76. The van der Waals surface area contributed by atoms with Gasteiger partial charge in [0, 0.05) is 11.3 Å². The summed E-state index contributed by atoms with van der Waals surface area (Å²) in [4.78, 5) is 4.10. The molecule has 0 unspecified atom stereocenters. The van der Waals surface area contributed by atoms with Gasteiger partial charge in [-0.1, -0.05) is 0 Å². The molecule has 85 valence electrons. The maximum atomic E-state index is 11.9. The topological polar surface area (TPSA) is 21.6 Å². The van der Waals surface area contributed by atoms with E-state index >= 15 is 0 Å². The van der Waals surface area contributed by atoms with E-state index in [9.17, 15) is 13.2 Å². The van der Waals surface area contributed by atoms with Crippen LogP contribution in [-0.2, 0) is 0 Å². The van der Waals surface area contributed by atoms with Crippen molar-refractivity contribution in [1.82, 2.24) is 0 Å². The Hall–Kier alpha value is -1.17. The zero-order valence-corrected chi connectivity index (χ0v) is 8.81. The maximum Gasteiger partial charge on any atom is 0.573 e. The zero-order chi connectivity index (χ0) is 11.6. The van der Waals surface area contributed by atoms with Gasteiger partial charge in [0.15, 0.2) is 0 Å². The Morgan fingerprint density at radius 2 is 1.88 bits per heavy atom. The fourth-order valence-corrected chi connectivity index (χ4v) is 1.99. The molecular formula is C10H7F3NOS. The van der Waals surface area contributed by atoms with E-state index in [0.717, 1.165) is 16.4 Å². The first kappa shape index (κ1) is 11.3. The second kappa shape index (κ2) is 4.37. The Bertz CT molecular complexity index is 400. The number of alkyl halides is 3. The number of hydrogen-bond donors (Lipinski definition) is 0. The van der Waals surface area contributed by atoms with Crippen LogP contribution < -0.4 is 4.74 Å². The largest absolute Gasteiger partial charge is 0.573 e. The molecule has 0 spiro atoms. The fraction of sp³-hybridized carbons (Fsp3) is 0.200. The van der Waals surface area contributed by atoms with Gasteiger partial charge < -0.3 is 4.74 Å². The SMILES string of the molecule is FC(F)(F)Oc1ccc(C2=N[CH]CS2)cc1. The van der Waals surface area contributed by atoms with Gasteiger partial charge in [0.2, 0.25) is 0 Å². The molecule has 16 heavy (non-hydrogen) atoms. The highest BCUT2D eigenvalue weighted by Gasteiger charge is 2.31. The summed E-state index contributed by atoms with van der Waals surface area (Å²) in [5, 5.41) is 0.818. The van der Waals surface area contributed by atoms with Gasteiger partial charge in [0.05, 0.1) is 11.6 Å². The van der Waals surface area contributed by atoms with Crippen LogP contribution in [0.1, 0.15) is 5.56 Å². The van der Waals surface area contributed by atoms with Crippen LogP contribution in [0, 0.1) is 6.54 Å². The molecule has 0 saturated heterocycles. The number of rotatable bonds is 2. The zero-order valence-electron chi connectivity index (χ0n) is 7.99. The quantitative estimate of drug-likeness (QED) is 0.799. The van der Waals surface area contributed by atoms with E-state index in [2.05, 4.69) is 9.73 Å². The minimum Gasteiger partial charge on any atom is -0.406 e. The summed E-state index contributed by atoms with van der Waals surface area (Å²) in [7, 11) is 0. The first-order valence-electron chi connectivity index (χ1n) is 4.43. The predicted molar refractivity (Wildman–Crippen MR) is 56.4 cm³/mol. The average molecular weight is 246 g/mol. The fourth-order valence-electron chi connectivity index (χ4n) is 1.23. The average Bonchev–Trinajstić information content (AvgIpc) is 2.69. The van der Waals surface area contributed by atoms with Crippen molar-refractivity contribution in [2.24, 2.45) is 4.99 Å². The highest BCUT2D eigenvalue weighted by Crippen LogP contribution is 2.25. The molecule has 6 heteroatoms. The van der Waals surface area contributed by atoms with Crippen LogP contribution in [0.3, 0.4) is 0 Å². The van der Waals surface area contributed by atoms with Crippen molar-refractivity contribution in [3.05, 3.63) is 36.4 Å². The molecule has 0 atom stereocenters. The number of aliphatic imine (C=N–C) groups is 1. The molecule has 0 fully saturated rings. The molecule has 0 aromatic heterocycles. The number of benzene rings is 1. The lowest BCUT2D eigenvalue weighted by molar-refractivity contribution is -0.274. The third kappa shape index (κ3) is 2.91. The summed E-state index contributed by atoms with van der Waals surface area (Å²) in [5.74, 6) is 0.583. The number of nitrogens with zero attached hydrogens (tertiary/aromatic N) is 1. The van der Waals surface area contributed by atoms with Crippen LogP contribution in [0.2, 0.25) is 0 Å². The van der Waals surface area contributed by atoms with Gasteiger partial charge in [-0.2, -0.15) is 0 Å². The molecule has 1 aliphatic rings. The molecule has 1 radical (unpaired) electrons. The smallest absolute Gasteiger partial charge is 0.406 e. The Labute approximate surface area is 94.5 Å². The first-order chi connectivity index (χ1) is 7.54. The maximum absolute atomic E-state index is 11.9. The van der Waals surface area contributed by atoms with E-state index in [1.54, 1.807) is 30.4 Å². The second-order valence-electron chi connectivity index (χ2n) is 3.00. The molecular weight excluding hydrogens is 239 g/mol. The molecule has 0 bridgehead atoms. The lowest BCUT2D eigenvalue weighted by Crippen LogP contribution is -2.17. The van der Waals surface area contributed by atoms with Crippen molar-refractivity contribution in [3.8, 4) is 5.75 Å². The van der Waals surface area contributed by atoms with Crippen LogP contribution in [0.25, 0.3) is 0 Å². The molecule has 0 aliphatic carbocycles. The molecule has 1 aromatic rings. The van der Waals surface area contributed by atoms with Crippen molar-refractivity contribution in [2.75, 3.05) is 5.75 Å². The van der Waals surface area contributed by atoms with Crippen LogP contribution in [0.5, 0.6) is 5.75 Å². The van der Waals surface area contributed by atoms with E-state index in [1.807, 2.05) is 0 Å². The van der Waals surface area contributed by atoms with Crippen molar-refractivity contribution < 1.29 is 17.9 Å². The molecule has 1 aliphatic heterocycles. The second-order valence-corrected chi connectivity index (χ2v) is 4.01. The minimum atomic E-state index is -4.64. The summed E-state index contributed by atoms with van der Waals surface area (Å²) < 4.78 is 39.4. The molecule has 0 amide bonds. The van der Waals surface area contributed by atoms with E-state index in [1.165, 1.54) is 12.1 Å². The highest BCUT2D eigenvalue weighted by atomic mass is 32.2. The van der Waals surface area contributed by atoms with E-state index in [-0.39, 0.29) is 5.75 Å². The Balaban J connectivity index is 2.10. The van der Waals surface area contributed by atoms with Gasteiger partial charge in [-0.25, -0.2) is 0 Å². The lowest BCUT2D eigenvalue weighted by atomic mass is 10.2. The van der Waals surface area contributed by atoms with Gasteiger partial charge in [-0.05, 0) is 24.3 Å². The number of ether oxygens (including phenoxy) is 1. The molecule has 0 saturated carbocycles. The van der Waals surface area contributed by atoms with E-state index < -0.39 is 6.36 Å². The third-order valence-electron chi connectivity index (χ3n) is 1.84. The van der Waals surface area contributed by atoms with Gasteiger partial charge in [0.1, 0.15) is 5.75 Å². The van der Waals surface area contributed by atoms with Gasteiger partial charge in [0.25, 0.3) is 0 Å². The lowest BCUT2D eigenvalue weighted by Gasteiger charge is -2.08. The van der Waals surface area contributed by atoms with Crippen molar-refractivity contribution in [2.45, 2.75) is 6.36 Å². The first-order valence-corrected chi connectivity index (χ1v) is 5.42. The summed E-state index contributed by atoms with van der Waals surface area (Å²) in [6.07, 6.45) is -4.64. The van der Waals surface area contributed by atoms with E-state index in [4.69, 9.17) is 0 Å². The Morgan fingerprint density at radius 3 is 2.38 bits per heavy atom. The van der Waals surface area contributed by atoms with Crippen molar-refractivity contribution in [3.63, 3.8) is 0 Å². The molecule has 2 nitrogen and oxygen atoms in total. The molecule has 0 N–H and O–H groups in total. The van der Waals surface area contributed by atoms with Crippen molar-refractivity contribution in [1.29, 1.82) is 0 Å². The van der Waals surface area contributed by atoms with Crippen molar-refractivity contribution >= 4 is 16.8 Å². The normalized spacial score (nSPS) is 16.1. The van der Waals surface area contributed by atoms with Gasteiger partial charge in [-0.3, -0.25) is 4.99 Å². The standard InChI is InChI=1S/C10H7F3NOS/c11-10(12,13)15-8-3-1-7(2-4-8)9-14-5-6-16-9/h1-5H,6H2. The summed E-state index contributed by atoms with van der Waals surface area (Å²) in [6, 6.07) is 5.69. The summed E-state index contributed by atoms with van der Waals surface area (Å²) in [5.41, 5.74) is 0.799.